The molecule has 0 rings (SSSR count). The van der Waals surface area contributed by atoms with Crippen molar-refractivity contribution < 1.29 is 28.6 Å². The number of hydrogen-bond donors (Lipinski definition) is 0. The summed E-state index contributed by atoms with van der Waals surface area (Å²) in [6.45, 7) is 6.55. The fourth-order valence-corrected chi connectivity index (χ4v) is 6.65. The molecule has 0 heterocycles. The van der Waals surface area contributed by atoms with Gasteiger partial charge in [-0.1, -0.05) is 199 Å². The van der Waals surface area contributed by atoms with Crippen LogP contribution >= 0.6 is 0 Å². The average molecular weight is 761 g/mol. The number of allylic oxidation sites excluding steroid dienone is 4. The Morgan fingerprint density at radius 2 is 0.667 bits per heavy atom. The van der Waals surface area contributed by atoms with Gasteiger partial charge < -0.3 is 14.2 Å². The minimum atomic E-state index is -0.763. The molecule has 0 aromatic rings. The molecule has 0 aliphatic carbocycles. The van der Waals surface area contributed by atoms with E-state index in [4.69, 9.17) is 14.2 Å². The fourth-order valence-electron chi connectivity index (χ4n) is 6.65. The monoisotopic (exact) mass is 761 g/mol. The summed E-state index contributed by atoms with van der Waals surface area (Å²) in [5.41, 5.74) is 0. The lowest BCUT2D eigenvalue weighted by Gasteiger charge is -2.18. The SMILES string of the molecule is CCCCCCC/C=C\C/C=C\CCCCCCCCCCCC(=O)OCC(COC(=O)CCCCCCCCC)OC(=O)CCCCCCCCCC. The molecular formula is C48H88O6. The van der Waals surface area contributed by atoms with E-state index in [2.05, 4.69) is 45.1 Å². The van der Waals surface area contributed by atoms with Crippen LogP contribution in [-0.4, -0.2) is 37.2 Å². The van der Waals surface area contributed by atoms with Crippen molar-refractivity contribution in [2.75, 3.05) is 13.2 Å². The maximum atomic E-state index is 12.6. The Bertz CT molecular complexity index is 880. The summed E-state index contributed by atoms with van der Waals surface area (Å²) in [5.74, 6) is -0.881. The molecule has 0 saturated heterocycles. The van der Waals surface area contributed by atoms with Crippen LogP contribution in [0.2, 0.25) is 0 Å². The van der Waals surface area contributed by atoms with E-state index >= 15 is 0 Å². The number of esters is 3. The second-order valence-electron chi connectivity index (χ2n) is 15.7. The Morgan fingerprint density at radius 1 is 0.370 bits per heavy atom. The van der Waals surface area contributed by atoms with Crippen molar-refractivity contribution in [2.45, 2.75) is 252 Å². The van der Waals surface area contributed by atoms with Crippen molar-refractivity contribution in [3.05, 3.63) is 24.3 Å². The fraction of sp³-hybridized carbons (Fsp3) is 0.854. The molecule has 0 bridgehead atoms. The minimum absolute atomic E-state index is 0.0700. The first-order chi connectivity index (χ1) is 26.5. The highest BCUT2D eigenvalue weighted by Gasteiger charge is 2.19. The molecule has 0 saturated carbocycles. The van der Waals surface area contributed by atoms with Crippen LogP contribution in [0.15, 0.2) is 24.3 Å². The zero-order valence-electron chi connectivity index (χ0n) is 36.0. The summed E-state index contributed by atoms with van der Waals surface area (Å²) in [5, 5.41) is 0. The molecule has 0 fully saturated rings. The molecule has 0 N–H and O–H groups in total. The topological polar surface area (TPSA) is 78.9 Å². The van der Waals surface area contributed by atoms with Crippen LogP contribution in [-0.2, 0) is 28.6 Å². The van der Waals surface area contributed by atoms with Crippen LogP contribution in [0, 0.1) is 0 Å². The molecule has 0 aliphatic heterocycles. The summed E-state index contributed by atoms with van der Waals surface area (Å²) in [6.07, 6.45) is 47.6. The van der Waals surface area contributed by atoms with Crippen LogP contribution in [0.3, 0.4) is 0 Å². The highest BCUT2D eigenvalue weighted by molar-refractivity contribution is 5.71. The lowest BCUT2D eigenvalue weighted by molar-refractivity contribution is -0.167. The number of ether oxygens (including phenoxy) is 3. The van der Waals surface area contributed by atoms with Gasteiger partial charge >= 0.3 is 17.9 Å². The highest BCUT2D eigenvalue weighted by atomic mass is 16.6. The number of carbonyl (C=O) groups excluding carboxylic acids is 3. The number of rotatable bonds is 42. The van der Waals surface area contributed by atoms with Gasteiger partial charge in [-0.15, -0.1) is 0 Å². The van der Waals surface area contributed by atoms with E-state index in [-0.39, 0.29) is 31.1 Å². The van der Waals surface area contributed by atoms with E-state index in [1.165, 1.54) is 141 Å². The lowest BCUT2D eigenvalue weighted by Crippen LogP contribution is -2.30. The Kier molecular flexibility index (Phi) is 41.9. The van der Waals surface area contributed by atoms with Gasteiger partial charge in [-0.2, -0.15) is 0 Å². The van der Waals surface area contributed by atoms with E-state index in [0.717, 1.165) is 64.2 Å². The molecule has 0 spiro atoms. The molecule has 0 aromatic carbocycles. The Morgan fingerprint density at radius 3 is 1.02 bits per heavy atom. The summed E-state index contributed by atoms with van der Waals surface area (Å²) in [7, 11) is 0. The first-order valence-corrected chi connectivity index (χ1v) is 23.3. The molecule has 1 unspecified atom stereocenters. The second kappa shape index (κ2) is 43.6. The number of carbonyl (C=O) groups is 3. The maximum absolute atomic E-state index is 12.6. The van der Waals surface area contributed by atoms with Crippen LogP contribution in [0.25, 0.3) is 0 Å². The highest BCUT2D eigenvalue weighted by Crippen LogP contribution is 2.14. The zero-order valence-corrected chi connectivity index (χ0v) is 36.0. The summed E-state index contributed by atoms with van der Waals surface area (Å²) in [4.78, 5) is 37.5. The van der Waals surface area contributed by atoms with Gasteiger partial charge in [-0.3, -0.25) is 14.4 Å². The van der Waals surface area contributed by atoms with Crippen LogP contribution in [0.4, 0.5) is 0 Å². The molecule has 6 nitrogen and oxygen atoms in total. The van der Waals surface area contributed by atoms with Crippen molar-refractivity contribution >= 4 is 17.9 Å². The van der Waals surface area contributed by atoms with Crippen molar-refractivity contribution in [3.8, 4) is 0 Å². The quantitative estimate of drug-likeness (QED) is 0.0267. The maximum Gasteiger partial charge on any atom is 0.306 e. The van der Waals surface area contributed by atoms with Gasteiger partial charge in [0.25, 0.3) is 0 Å². The Labute approximate surface area is 334 Å². The van der Waals surface area contributed by atoms with Gasteiger partial charge in [0.15, 0.2) is 6.10 Å². The smallest absolute Gasteiger partial charge is 0.306 e. The first kappa shape index (κ1) is 51.9. The van der Waals surface area contributed by atoms with Crippen LogP contribution < -0.4 is 0 Å². The molecular weight excluding hydrogens is 673 g/mol. The van der Waals surface area contributed by atoms with Gasteiger partial charge in [-0.25, -0.2) is 0 Å². The van der Waals surface area contributed by atoms with Crippen LogP contribution in [0.1, 0.15) is 245 Å². The van der Waals surface area contributed by atoms with E-state index in [9.17, 15) is 14.4 Å². The lowest BCUT2D eigenvalue weighted by atomic mass is 10.1. The van der Waals surface area contributed by atoms with E-state index < -0.39 is 6.10 Å². The summed E-state index contributed by atoms with van der Waals surface area (Å²) < 4.78 is 16.6. The average Bonchev–Trinajstić information content (AvgIpc) is 3.17. The molecule has 0 amide bonds. The first-order valence-electron chi connectivity index (χ1n) is 23.3. The molecule has 0 radical (unpaired) electrons. The third-order valence-corrected chi connectivity index (χ3v) is 10.2. The summed E-state index contributed by atoms with van der Waals surface area (Å²) >= 11 is 0. The second-order valence-corrected chi connectivity index (χ2v) is 15.7. The Hall–Kier alpha value is -2.11. The van der Waals surface area contributed by atoms with Crippen molar-refractivity contribution in [1.29, 1.82) is 0 Å². The predicted octanol–water partition coefficient (Wildman–Crippen LogP) is 14.8. The summed E-state index contributed by atoms with van der Waals surface area (Å²) in [6, 6.07) is 0. The van der Waals surface area contributed by atoms with E-state index in [1.54, 1.807) is 0 Å². The normalized spacial score (nSPS) is 12.1. The number of unbranched alkanes of at least 4 members (excludes halogenated alkanes) is 27. The van der Waals surface area contributed by atoms with Gasteiger partial charge in [0.1, 0.15) is 13.2 Å². The standard InChI is InChI=1S/C48H88O6/c1-4-7-10-13-16-18-19-20-21-22-23-24-25-26-27-28-29-30-33-35-38-41-47(50)53-44-45(43-52-46(49)40-37-34-31-15-12-9-6-3)54-48(51)42-39-36-32-17-14-11-8-5-2/h19-20,22-23,45H,4-18,21,24-44H2,1-3H3/b20-19-,23-22-. The Balaban J connectivity index is 4.13. The molecule has 0 aromatic heterocycles. The van der Waals surface area contributed by atoms with Gasteiger partial charge in [-0.05, 0) is 51.4 Å². The van der Waals surface area contributed by atoms with E-state index in [1.807, 2.05) is 0 Å². The van der Waals surface area contributed by atoms with Gasteiger partial charge in [0.05, 0.1) is 0 Å². The van der Waals surface area contributed by atoms with Gasteiger partial charge in [0.2, 0.25) is 0 Å². The van der Waals surface area contributed by atoms with Crippen molar-refractivity contribution in [3.63, 3.8) is 0 Å². The predicted molar refractivity (Wildman–Crippen MR) is 229 cm³/mol. The molecule has 316 valence electrons. The minimum Gasteiger partial charge on any atom is -0.462 e. The molecule has 1 atom stereocenters. The van der Waals surface area contributed by atoms with Crippen molar-refractivity contribution in [2.24, 2.45) is 0 Å². The molecule has 0 aliphatic rings. The zero-order chi connectivity index (χ0) is 39.4. The van der Waals surface area contributed by atoms with E-state index in [0.29, 0.717) is 19.3 Å². The molecule has 6 heteroatoms. The van der Waals surface area contributed by atoms with Crippen LogP contribution in [0.5, 0.6) is 0 Å². The third kappa shape index (κ3) is 41.1. The van der Waals surface area contributed by atoms with Gasteiger partial charge in [0, 0.05) is 19.3 Å². The number of hydrogen-bond acceptors (Lipinski definition) is 6. The largest absolute Gasteiger partial charge is 0.462 e. The third-order valence-electron chi connectivity index (χ3n) is 10.2. The molecule has 54 heavy (non-hydrogen) atoms. The van der Waals surface area contributed by atoms with Crippen molar-refractivity contribution in [1.82, 2.24) is 0 Å².